The van der Waals surface area contributed by atoms with Crippen molar-refractivity contribution in [2.75, 3.05) is 38.3 Å². The molecule has 0 atom stereocenters. The van der Waals surface area contributed by atoms with Crippen molar-refractivity contribution in [1.29, 1.82) is 0 Å². The van der Waals surface area contributed by atoms with Gasteiger partial charge in [-0.15, -0.1) is 0 Å². The van der Waals surface area contributed by atoms with Crippen molar-refractivity contribution in [1.82, 2.24) is 9.97 Å². The summed E-state index contributed by atoms with van der Waals surface area (Å²) in [4.78, 5) is 33.5. The Labute approximate surface area is 132 Å². The lowest BCUT2D eigenvalue weighted by molar-refractivity contribution is 0.0598. The summed E-state index contributed by atoms with van der Waals surface area (Å²) in [5.74, 6) is 0.0624. The van der Waals surface area contributed by atoms with E-state index in [4.69, 9.17) is 9.47 Å². The number of nitrogens with one attached hydrogen (secondary N) is 1. The Morgan fingerprint density at radius 3 is 2.61 bits per heavy atom. The van der Waals surface area contributed by atoms with E-state index in [9.17, 15) is 9.59 Å². The molecular formula is C16H17N3O4. The molecule has 1 saturated heterocycles. The number of methoxy groups -OCH3 is 1. The summed E-state index contributed by atoms with van der Waals surface area (Å²) in [5.41, 5.74) is 0.191. The molecule has 0 unspecified atom stereocenters. The van der Waals surface area contributed by atoms with Gasteiger partial charge in [0.2, 0.25) is 0 Å². The highest BCUT2D eigenvalue weighted by molar-refractivity contribution is 5.94. The van der Waals surface area contributed by atoms with E-state index in [1.807, 2.05) is 35.2 Å². The Morgan fingerprint density at radius 1 is 1.26 bits per heavy atom. The van der Waals surface area contributed by atoms with Crippen LogP contribution in [0.3, 0.4) is 0 Å². The highest BCUT2D eigenvalue weighted by Crippen LogP contribution is 2.21. The molecule has 0 spiro atoms. The number of carbonyl (C=O) groups is 1. The average molecular weight is 315 g/mol. The normalized spacial score (nSPS) is 14.6. The van der Waals surface area contributed by atoms with Crippen LogP contribution in [0.4, 0.5) is 5.82 Å². The average Bonchev–Trinajstić information content (AvgIpc) is 2.62. The maximum absolute atomic E-state index is 12.4. The minimum atomic E-state index is -0.695. The van der Waals surface area contributed by atoms with Crippen LogP contribution in [0.5, 0.6) is 0 Å². The van der Waals surface area contributed by atoms with Gasteiger partial charge in [-0.05, 0) is 0 Å². The largest absolute Gasteiger partial charge is 0.465 e. The van der Waals surface area contributed by atoms with Crippen molar-refractivity contribution in [3.63, 3.8) is 0 Å². The minimum Gasteiger partial charge on any atom is -0.465 e. The second kappa shape index (κ2) is 6.62. The number of esters is 1. The van der Waals surface area contributed by atoms with Crippen molar-refractivity contribution >= 4 is 11.8 Å². The molecule has 7 heteroatoms. The summed E-state index contributed by atoms with van der Waals surface area (Å²) in [5, 5.41) is 0. The van der Waals surface area contributed by atoms with Gasteiger partial charge < -0.3 is 19.4 Å². The van der Waals surface area contributed by atoms with Crippen LogP contribution in [0.1, 0.15) is 10.4 Å². The molecule has 1 N–H and O–H groups in total. The molecule has 1 aromatic heterocycles. The zero-order valence-corrected chi connectivity index (χ0v) is 12.7. The third kappa shape index (κ3) is 3.09. The zero-order chi connectivity index (χ0) is 16.2. The van der Waals surface area contributed by atoms with E-state index in [0.717, 1.165) is 5.56 Å². The number of benzene rings is 1. The van der Waals surface area contributed by atoms with Crippen molar-refractivity contribution in [2.45, 2.75) is 0 Å². The number of aromatic nitrogens is 2. The SMILES string of the molecule is COC(=O)c1c(N2CCOCC2)nc(-c2ccccc2)[nH]c1=O. The van der Waals surface area contributed by atoms with E-state index in [-0.39, 0.29) is 5.56 Å². The number of hydrogen-bond acceptors (Lipinski definition) is 6. The predicted molar refractivity (Wildman–Crippen MR) is 84.7 cm³/mol. The van der Waals surface area contributed by atoms with Gasteiger partial charge in [0, 0.05) is 18.7 Å². The fraction of sp³-hybridized carbons (Fsp3) is 0.312. The van der Waals surface area contributed by atoms with Gasteiger partial charge in [0.15, 0.2) is 11.4 Å². The van der Waals surface area contributed by atoms with Crippen molar-refractivity contribution in [2.24, 2.45) is 0 Å². The van der Waals surface area contributed by atoms with Crippen LogP contribution in [0, 0.1) is 0 Å². The second-order valence-electron chi connectivity index (χ2n) is 5.07. The number of ether oxygens (including phenoxy) is 2. The Kier molecular flexibility index (Phi) is 4.38. The Bertz CT molecular complexity index is 752. The van der Waals surface area contributed by atoms with Gasteiger partial charge in [-0.25, -0.2) is 9.78 Å². The van der Waals surface area contributed by atoms with Crippen LogP contribution >= 0.6 is 0 Å². The standard InChI is InChI=1S/C16H17N3O4/c1-22-16(21)12-14(19-7-9-23-10-8-19)17-13(18-15(12)20)11-5-3-2-4-6-11/h2-6H,7-10H2,1H3,(H,17,18,20). The Hall–Kier alpha value is -2.67. The highest BCUT2D eigenvalue weighted by Gasteiger charge is 2.25. The van der Waals surface area contributed by atoms with E-state index in [1.54, 1.807) is 0 Å². The predicted octanol–water partition coefficient (Wildman–Crippen LogP) is 1.06. The van der Waals surface area contributed by atoms with Gasteiger partial charge in [-0.3, -0.25) is 4.79 Å². The number of rotatable bonds is 3. The number of hydrogen-bond donors (Lipinski definition) is 1. The molecule has 0 aliphatic carbocycles. The van der Waals surface area contributed by atoms with E-state index in [2.05, 4.69) is 9.97 Å². The first kappa shape index (κ1) is 15.2. The third-order valence-corrected chi connectivity index (χ3v) is 3.65. The smallest absolute Gasteiger partial charge is 0.347 e. The van der Waals surface area contributed by atoms with Crippen LogP contribution in [0.15, 0.2) is 35.1 Å². The maximum atomic E-state index is 12.4. The van der Waals surface area contributed by atoms with Gasteiger partial charge in [0.25, 0.3) is 5.56 Å². The second-order valence-corrected chi connectivity index (χ2v) is 5.07. The summed E-state index contributed by atoms with van der Waals surface area (Å²) >= 11 is 0. The molecule has 0 amide bonds. The van der Waals surface area contributed by atoms with Crippen LogP contribution in [-0.2, 0) is 9.47 Å². The molecule has 1 aliphatic heterocycles. The first-order valence-electron chi connectivity index (χ1n) is 7.31. The van der Waals surface area contributed by atoms with E-state index in [0.29, 0.717) is 37.9 Å². The van der Waals surface area contributed by atoms with E-state index >= 15 is 0 Å². The number of carbonyl (C=O) groups excluding carboxylic acids is 1. The molecule has 0 bridgehead atoms. The molecule has 1 fully saturated rings. The van der Waals surface area contributed by atoms with Crippen LogP contribution in [-0.4, -0.2) is 49.4 Å². The molecule has 1 aromatic carbocycles. The van der Waals surface area contributed by atoms with Gasteiger partial charge in [-0.1, -0.05) is 30.3 Å². The van der Waals surface area contributed by atoms with Crippen LogP contribution < -0.4 is 10.5 Å². The first-order chi connectivity index (χ1) is 11.2. The lowest BCUT2D eigenvalue weighted by Gasteiger charge is -2.28. The fourth-order valence-corrected chi connectivity index (χ4v) is 2.48. The van der Waals surface area contributed by atoms with Crippen LogP contribution in [0.2, 0.25) is 0 Å². The lowest BCUT2D eigenvalue weighted by Crippen LogP contribution is -2.39. The van der Waals surface area contributed by atoms with E-state index in [1.165, 1.54) is 7.11 Å². The number of nitrogens with zero attached hydrogens (tertiary/aromatic N) is 2. The summed E-state index contributed by atoms with van der Waals surface area (Å²) in [6.07, 6.45) is 0. The van der Waals surface area contributed by atoms with Gasteiger partial charge in [0.05, 0.1) is 20.3 Å². The zero-order valence-electron chi connectivity index (χ0n) is 12.7. The lowest BCUT2D eigenvalue weighted by atomic mass is 10.2. The molecule has 0 saturated carbocycles. The number of morpholine rings is 1. The van der Waals surface area contributed by atoms with Crippen LogP contribution in [0.25, 0.3) is 11.4 Å². The van der Waals surface area contributed by atoms with Gasteiger partial charge in [0.1, 0.15) is 5.82 Å². The maximum Gasteiger partial charge on any atom is 0.347 e. The molecular weight excluding hydrogens is 298 g/mol. The molecule has 120 valence electrons. The minimum absolute atomic E-state index is 0.0749. The van der Waals surface area contributed by atoms with Crippen molar-refractivity contribution < 1.29 is 14.3 Å². The van der Waals surface area contributed by atoms with Gasteiger partial charge in [-0.2, -0.15) is 0 Å². The third-order valence-electron chi connectivity index (χ3n) is 3.65. The molecule has 1 aliphatic rings. The molecule has 3 rings (SSSR count). The fourth-order valence-electron chi connectivity index (χ4n) is 2.48. The monoisotopic (exact) mass is 315 g/mol. The summed E-state index contributed by atoms with van der Waals surface area (Å²) in [6.45, 7) is 2.18. The topological polar surface area (TPSA) is 84.5 Å². The Morgan fingerprint density at radius 2 is 1.96 bits per heavy atom. The highest BCUT2D eigenvalue weighted by atomic mass is 16.5. The molecule has 2 heterocycles. The summed E-state index contributed by atoms with van der Waals surface area (Å²) in [7, 11) is 1.25. The molecule has 0 radical (unpaired) electrons. The number of anilines is 1. The number of H-pyrrole nitrogens is 1. The van der Waals surface area contributed by atoms with Crippen molar-refractivity contribution in [3.8, 4) is 11.4 Å². The quantitative estimate of drug-likeness (QED) is 0.853. The first-order valence-corrected chi connectivity index (χ1v) is 7.31. The van der Waals surface area contributed by atoms with Gasteiger partial charge >= 0.3 is 5.97 Å². The number of aromatic amines is 1. The summed E-state index contributed by atoms with van der Waals surface area (Å²) in [6, 6.07) is 9.29. The molecule has 2 aromatic rings. The molecule has 7 nitrogen and oxygen atoms in total. The summed E-state index contributed by atoms with van der Waals surface area (Å²) < 4.78 is 10.1. The van der Waals surface area contributed by atoms with E-state index < -0.39 is 11.5 Å². The Balaban J connectivity index is 2.14. The molecule has 23 heavy (non-hydrogen) atoms. The van der Waals surface area contributed by atoms with Crippen molar-refractivity contribution in [3.05, 3.63) is 46.2 Å².